The van der Waals surface area contributed by atoms with Gasteiger partial charge in [0.1, 0.15) is 18.8 Å². The maximum atomic E-state index is 14.4. The zero-order valence-electron chi connectivity index (χ0n) is 20.8. The van der Waals surface area contributed by atoms with E-state index in [1.165, 1.54) is 6.07 Å². The van der Waals surface area contributed by atoms with E-state index < -0.39 is 13.0 Å². The number of thioether (sulfide) groups is 1. The molecular weight excluding hydrogens is 526 g/mol. The summed E-state index contributed by atoms with van der Waals surface area (Å²) in [5.74, 6) is -1.86. The monoisotopic (exact) mass is 556 g/mol. The SMILES string of the molecule is Cc1ccc(P(=Nc2ccc(SC(F)F)cc2)(N2CCN(c3ccccc3F)CC2)C(C)(C)C)o1.[Cl-]. The highest BCUT2D eigenvalue weighted by molar-refractivity contribution is 7.99. The summed E-state index contributed by atoms with van der Waals surface area (Å²) in [6, 6.07) is 17.8. The van der Waals surface area contributed by atoms with Crippen LogP contribution in [-0.4, -0.2) is 41.8 Å². The van der Waals surface area contributed by atoms with Crippen molar-refractivity contribution in [3.63, 3.8) is 0 Å². The molecule has 10 heteroatoms. The van der Waals surface area contributed by atoms with Crippen LogP contribution in [-0.2, 0) is 0 Å². The van der Waals surface area contributed by atoms with Crippen molar-refractivity contribution in [2.45, 2.75) is 43.5 Å². The number of nitrogens with zero attached hydrogens (tertiary/aromatic N) is 3. The fraction of sp³-hybridized carbons (Fsp3) is 0.385. The van der Waals surface area contributed by atoms with Gasteiger partial charge in [0.15, 0.2) is 5.50 Å². The maximum absolute atomic E-state index is 14.4. The van der Waals surface area contributed by atoms with E-state index in [9.17, 15) is 13.2 Å². The molecule has 3 aromatic rings. The smallest absolute Gasteiger partial charge is 0.288 e. The summed E-state index contributed by atoms with van der Waals surface area (Å²) in [6.07, 6.45) is 0. The van der Waals surface area contributed by atoms with Crippen LogP contribution in [0.5, 0.6) is 0 Å². The van der Waals surface area contributed by atoms with Gasteiger partial charge in [-0.2, -0.15) is 8.78 Å². The number of alkyl halides is 2. The summed E-state index contributed by atoms with van der Waals surface area (Å²) < 4.78 is 54.0. The van der Waals surface area contributed by atoms with E-state index in [2.05, 4.69) is 30.3 Å². The van der Waals surface area contributed by atoms with Crippen LogP contribution in [0.25, 0.3) is 0 Å². The Labute approximate surface area is 221 Å². The van der Waals surface area contributed by atoms with Gasteiger partial charge in [0.2, 0.25) is 0 Å². The first-order chi connectivity index (χ1) is 16.6. The molecule has 0 N–H and O–H groups in total. The molecule has 1 aromatic heterocycles. The molecule has 0 radical (unpaired) electrons. The van der Waals surface area contributed by atoms with Crippen LogP contribution in [0, 0.1) is 12.7 Å². The van der Waals surface area contributed by atoms with E-state index in [1.54, 1.807) is 30.3 Å². The van der Waals surface area contributed by atoms with E-state index in [0.717, 1.165) is 16.9 Å². The third-order valence-electron chi connectivity index (χ3n) is 6.15. The molecule has 196 valence electrons. The quantitative estimate of drug-likeness (QED) is 0.324. The first kappa shape index (κ1) is 28.7. The summed E-state index contributed by atoms with van der Waals surface area (Å²) in [4.78, 5) is 2.58. The van der Waals surface area contributed by atoms with Gasteiger partial charge < -0.3 is 21.7 Å². The minimum absolute atomic E-state index is 0. The first-order valence-electron chi connectivity index (χ1n) is 11.6. The molecule has 0 aliphatic carbocycles. The third-order valence-corrected chi connectivity index (χ3v) is 11.3. The second kappa shape index (κ2) is 11.7. The average molecular weight is 557 g/mol. The van der Waals surface area contributed by atoms with Gasteiger partial charge in [-0.15, -0.1) is 0 Å². The van der Waals surface area contributed by atoms with E-state index in [1.807, 2.05) is 31.2 Å². The summed E-state index contributed by atoms with van der Waals surface area (Å²) in [6.45, 7) is 11.2. The molecule has 1 aliphatic rings. The van der Waals surface area contributed by atoms with Gasteiger partial charge in [-0.05, 0) is 55.5 Å². The van der Waals surface area contributed by atoms with Crippen molar-refractivity contribution in [2.24, 2.45) is 4.74 Å². The fourth-order valence-corrected chi connectivity index (χ4v) is 9.13. The molecule has 1 aliphatic heterocycles. The molecule has 1 unspecified atom stereocenters. The second-order valence-electron chi connectivity index (χ2n) is 9.52. The number of halogens is 4. The molecule has 1 saturated heterocycles. The van der Waals surface area contributed by atoms with Crippen molar-refractivity contribution in [2.75, 3.05) is 31.1 Å². The van der Waals surface area contributed by atoms with Crippen LogP contribution in [0.2, 0.25) is 0 Å². The number of benzene rings is 2. The molecule has 4 rings (SSSR count). The van der Waals surface area contributed by atoms with E-state index in [-0.39, 0.29) is 23.4 Å². The normalized spacial score (nSPS) is 16.5. The molecule has 0 bridgehead atoms. The standard InChI is InChI=1S/C26H31F3N3OPS.ClH/c1-19-9-14-24(33-19)34(26(2,3)4,30-20-10-12-21(13-11-20)35-25(28)29)32-17-15-31(16-18-32)23-8-6-5-7-22(23)27;/h5-14,25H,15-18H2,1-4H3;1H/p-1. The number of hydrogen-bond acceptors (Lipinski definition) is 4. The van der Waals surface area contributed by atoms with Crippen LogP contribution in [0.15, 0.2) is 74.7 Å². The Bertz CT molecular complexity index is 1210. The van der Waals surface area contributed by atoms with E-state index in [4.69, 9.17) is 9.16 Å². The molecule has 2 heterocycles. The molecular formula is C26H31ClF3N3OPS-. The van der Waals surface area contributed by atoms with Crippen molar-refractivity contribution in [1.82, 2.24) is 4.67 Å². The van der Waals surface area contributed by atoms with Gasteiger partial charge in [-0.25, -0.2) is 9.14 Å². The number of anilines is 1. The fourth-order valence-electron chi connectivity index (χ4n) is 4.54. The Morgan fingerprint density at radius 1 is 0.944 bits per heavy atom. The van der Waals surface area contributed by atoms with Gasteiger partial charge in [-0.1, -0.05) is 44.7 Å². The maximum Gasteiger partial charge on any atom is 0.288 e. The predicted molar refractivity (Wildman–Crippen MR) is 140 cm³/mol. The molecule has 1 atom stereocenters. The lowest BCUT2D eigenvalue weighted by Gasteiger charge is -2.47. The molecule has 1 fully saturated rings. The highest BCUT2D eigenvalue weighted by atomic mass is 35.5. The Morgan fingerprint density at radius 3 is 2.11 bits per heavy atom. The second-order valence-corrected chi connectivity index (χ2v) is 14.3. The van der Waals surface area contributed by atoms with Crippen LogP contribution >= 0.6 is 19.0 Å². The highest BCUT2D eigenvalue weighted by Gasteiger charge is 2.44. The summed E-state index contributed by atoms with van der Waals surface area (Å²) in [5.41, 5.74) is 2.19. The zero-order chi connectivity index (χ0) is 25.2. The van der Waals surface area contributed by atoms with Crippen LogP contribution < -0.4 is 22.8 Å². The van der Waals surface area contributed by atoms with E-state index >= 15 is 0 Å². The Kier molecular flexibility index (Phi) is 9.31. The van der Waals surface area contributed by atoms with Gasteiger partial charge in [0.05, 0.1) is 11.4 Å². The van der Waals surface area contributed by atoms with Crippen LogP contribution in [0.1, 0.15) is 26.5 Å². The molecule has 2 aromatic carbocycles. The molecule has 36 heavy (non-hydrogen) atoms. The van der Waals surface area contributed by atoms with Crippen LogP contribution in [0.3, 0.4) is 0 Å². The molecule has 0 amide bonds. The minimum Gasteiger partial charge on any atom is -1.00 e. The number of aryl methyl sites for hydroxylation is 1. The van der Waals surface area contributed by atoms with Gasteiger partial charge >= 0.3 is 0 Å². The largest absolute Gasteiger partial charge is 1.00 e. The number of rotatable bonds is 6. The average Bonchev–Trinajstić information content (AvgIpc) is 3.24. The Balaban J connectivity index is 0.00000361. The van der Waals surface area contributed by atoms with Gasteiger partial charge in [0.25, 0.3) is 5.76 Å². The molecule has 4 nitrogen and oxygen atoms in total. The topological polar surface area (TPSA) is 32.0 Å². The Morgan fingerprint density at radius 2 is 1.58 bits per heavy atom. The first-order valence-corrected chi connectivity index (χ1v) is 14.2. The van der Waals surface area contributed by atoms with Crippen molar-refractivity contribution < 1.29 is 30.0 Å². The zero-order valence-corrected chi connectivity index (χ0v) is 23.3. The number of furan rings is 1. The van der Waals surface area contributed by atoms with Gasteiger partial charge in [-0.3, -0.25) is 4.67 Å². The lowest BCUT2D eigenvalue weighted by molar-refractivity contribution is -0.0000108. The van der Waals surface area contributed by atoms with Gasteiger partial charge in [0, 0.05) is 36.2 Å². The third kappa shape index (κ3) is 5.99. The van der Waals surface area contributed by atoms with Crippen LogP contribution in [0.4, 0.5) is 24.5 Å². The molecule has 0 spiro atoms. The lowest BCUT2D eigenvalue weighted by Crippen LogP contribution is -3.00. The minimum atomic E-state index is -2.47. The summed E-state index contributed by atoms with van der Waals surface area (Å²) in [7, 11) is -2.47. The Hall–Kier alpha value is -1.86. The number of piperazine rings is 1. The molecule has 0 saturated carbocycles. The summed E-state index contributed by atoms with van der Waals surface area (Å²) >= 11 is 0.527. The predicted octanol–water partition coefficient (Wildman–Crippen LogP) is 4.74. The highest BCUT2D eigenvalue weighted by Crippen LogP contribution is 2.64. The van der Waals surface area contributed by atoms with Crippen molar-refractivity contribution in [3.8, 4) is 0 Å². The lowest BCUT2D eigenvalue weighted by atomic mass is 10.2. The van der Waals surface area contributed by atoms with E-state index in [0.29, 0.717) is 48.5 Å². The number of para-hydroxylation sites is 1. The summed E-state index contributed by atoms with van der Waals surface area (Å²) in [5, 5.41) is -0.270. The van der Waals surface area contributed by atoms with Crippen molar-refractivity contribution in [3.05, 3.63) is 72.2 Å². The number of hydrogen-bond donors (Lipinski definition) is 0. The van der Waals surface area contributed by atoms with Crippen molar-refractivity contribution >= 4 is 35.8 Å². The van der Waals surface area contributed by atoms with Crippen molar-refractivity contribution in [1.29, 1.82) is 0 Å².